The van der Waals surface area contributed by atoms with Crippen LogP contribution in [0, 0.1) is 0 Å². The zero-order valence-corrected chi connectivity index (χ0v) is 20.2. The number of amides is 1. The number of rotatable bonds is 8. The van der Waals surface area contributed by atoms with Gasteiger partial charge in [-0.25, -0.2) is 14.8 Å². The Balaban J connectivity index is 1.69. The fraction of sp³-hybridized carbons (Fsp3) is 0.348. The summed E-state index contributed by atoms with van der Waals surface area (Å²) in [5.74, 6) is 1.81. The normalized spacial score (nSPS) is 11.2. The molecular formula is C23H27BrN4O4. The molecular weight excluding hydrogens is 476 g/mol. The molecule has 3 aromatic rings. The van der Waals surface area contributed by atoms with Crippen molar-refractivity contribution >= 4 is 44.4 Å². The average Bonchev–Trinajstić information content (AvgIpc) is 2.72. The van der Waals surface area contributed by atoms with Gasteiger partial charge in [-0.2, -0.15) is 0 Å². The van der Waals surface area contributed by atoms with E-state index >= 15 is 0 Å². The van der Waals surface area contributed by atoms with E-state index in [2.05, 4.69) is 36.5 Å². The number of hydrogen-bond acceptors (Lipinski definition) is 7. The molecule has 0 saturated heterocycles. The fourth-order valence-electron chi connectivity index (χ4n) is 2.90. The molecule has 8 nitrogen and oxygen atoms in total. The van der Waals surface area contributed by atoms with Gasteiger partial charge in [0.2, 0.25) is 0 Å². The van der Waals surface area contributed by atoms with Crippen molar-refractivity contribution in [2.45, 2.75) is 32.8 Å². The molecule has 1 heterocycles. The minimum absolute atomic E-state index is 0.389. The lowest BCUT2D eigenvalue weighted by Crippen LogP contribution is -2.33. The van der Waals surface area contributed by atoms with Crippen molar-refractivity contribution in [3.8, 4) is 11.5 Å². The lowest BCUT2D eigenvalue weighted by atomic mass is 10.2. The van der Waals surface area contributed by atoms with Crippen LogP contribution in [0.25, 0.3) is 10.9 Å². The van der Waals surface area contributed by atoms with Crippen molar-refractivity contribution in [1.29, 1.82) is 0 Å². The summed E-state index contributed by atoms with van der Waals surface area (Å²) in [5.41, 5.74) is 1.10. The number of fused-ring (bicyclic) bond motifs is 1. The number of benzene rings is 2. The Morgan fingerprint density at radius 1 is 1.12 bits per heavy atom. The molecule has 0 bridgehead atoms. The van der Waals surface area contributed by atoms with E-state index in [0.717, 1.165) is 21.1 Å². The summed E-state index contributed by atoms with van der Waals surface area (Å²) in [4.78, 5) is 20.5. The third kappa shape index (κ3) is 6.71. The van der Waals surface area contributed by atoms with E-state index in [4.69, 9.17) is 14.2 Å². The van der Waals surface area contributed by atoms with E-state index < -0.39 is 11.7 Å². The van der Waals surface area contributed by atoms with Gasteiger partial charge in [-0.1, -0.05) is 22.0 Å². The Hall–Kier alpha value is -3.07. The van der Waals surface area contributed by atoms with Gasteiger partial charge in [0.15, 0.2) is 11.5 Å². The highest BCUT2D eigenvalue weighted by atomic mass is 79.9. The largest absolute Gasteiger partial charge is 0.493 e. The lowest BCUT2D eigenvalue weighted by molar-refractivity contribution is 0.0525. The maximum absolute atomic E-state index is 11.7. The number of anilines is 2. The summed E-state index contributed by atoms with van der Waals surface area (Å²) in [6, 6.07) is 11.5. The fourth-order valence-corrected chi connectivity index (χ4v) is 3.30. The third-order valence-electron chi connectivity index (χ3n) is 4.25. The molecule has 0 radical (unpaired) electrons. The van der Waals surface area contributed by atoms with E-state index in [-0.39, 0.29) is 0 Å². The Kier molecular flexibility index (Phi) is 7.74. The molecule has 0 aliphatic rings. The molecule has 0 spiro atoms. The molecule has 1 aromatic heterocycles. The number of alkyl carbamates (subject to hydrolysis) is 1. The third-order valence-corrected chi connectivity index (χ3v) is 4.75. The highest BCUT2D eigenvalue weighted by molar-refractivity contribution is 9.10. The number of aromatic nitrogens is 2. The molecule has 32 heavy (non-hydrogen) atoms. The Morgan fingerprint density at radius 2 is 1.94 bits per heavy atom. The lowest BCUT2D eigenvalue weighted by Gasteiger charge is -2.19. The zero-order valence-electron chi connectivity index (χ0n) is 18.6. The summed E-state index contributed by atoms with van der Waals surface area (Å²) in [6.45, 7) is 6.30. The van der Waals surface area contributed by atoms with Gasteiger partial charge in [0.25, 0.3) is 0 Å². The monoisotopic (exact) mass is 502 g/mol. The van der Waals surface area contributed by atoms with Crippen molar-refractivity contribution in [2.24, 2.45) is 0 Å². The molecule has 0 aliphatic heterocycles. The molecule has 0 saturated carbocycles. The molecule has 1 amide bonds. The number of halogens is 1. The molecule has 3 rings (SSSR count). The first-order valence-corrected chi connectivity index (χ1v) is 11.0. The van der Waals surface area contributed by atoms with E-state index in [1.165, 1.54) is 6.33 Å². The Labute approximate surface area is 195 Å². The van der Waals surface area contributed by atoms with Crippen LogP contribution in [-0.2, 0) is 4.74 Å². The van der Waals surface area contributed by atoms with Crippen LogP contribution < -0.4 is 20.1 Å². The zero-order chi connectivity index (χ0) is 23.1. The Bertz CT molecular complexity index is 1090. The van der Waals surface area contributed by atoms with Gasteiger partial charge in [-0.3, -0.25) is 0 Å². The van der Waals surface area contributed by atoms with E-state index in [9.17, 15) is 4.79 Å². The van der Waals surface area contributed by atoms with Gasteiger partial charge in [-0.05, 0) is 51.5 Å². The second-order valence-corrected chi connectivity index (χ2v) is 8.92. The number of carbonyl (C=O) groups is 1. The quantitative estimate of drug-likeness (QED) is 0.396. The van der Waals surface area contributed by atoms with Crippen LogP contribution in [0.3, 0.4) is 0 Å². The predicted molar refractivity (Wildman–Crippen MR) is 128 cm³/mol. The summed E-state index contributed by atoms with van der Waals surface area (Å²) >= 11 is 3.48. The molecule has 0 atom stereocenters. The minimum atomic E-state index is -0.525. The molecule has 0 fully saturated rings. The van der Waals surface area contributed by atoms with Gasteiger partial charge in [0.05, 0.1) is 19.2 Å². The van der Waals surface area contributed by atoms with Crippen molar-refractivity contribution in [2.75, 3.05) is 25.6 Å². The number of hydrogen-bond donors (Lipinski definition) is 2. The van der Waals surface area contributed by atoms with E-state index in [1.807, 2.05) is 57.2 Å². The van der Waals surface area contributed by atoms with Crippen LogP contribution in [0.4, 0.5) is 16.3 Å². The summed E-state index contributed by atoms with van der Waals surface area (Å²) in [6.07, 6.45) is 1.67. The van der Waals surface area contributed by atoms with Crippen molar-refractivity contribution in [3.63, 3.8) is 0 Å². The van der Waals surface area contributed by atoms with Gasteiger partial charge in [0.1, 0.15) is 17.7 Å². The number of nitrogens with zero attached hydrogens (tertiary/aromatic N) is 2. The van der Waals surface area contributed by atoms with Crippen LogP contribution in [0.5, 0.6) is 11.5 Å². The first kappa shape index (κ1) is 23.6. The number of carbonyl (C=O) groups excluding carboxylic acids is 1. The number of nitrogens with one attached hydrogen (secondary N) is 2. The van der Waals surface area contributed by atoms with Crippen molar-refractivity contribution in [3.05, 3.63) is 47.2 Å². The van der Waals surface area contributed by atoms with Gasteiger partial charge in [-0.15, -0.1) is 0 Å². The smallest absolute Gasteiger partial charge is 0.407 e. The maximum atomic E-state index is 11.7. The maximum Gasteiger partial charge on any atom is 0.407 e. The standard InChI is InChI=1S/C23H27BrN4O4/c1-23(2,3)32-22(29)25-9-6-10-31-20-12-17-18(13-19(20)30-4)26-14-27-21(17)28-16-8-5-7-15(24)11-16/h5,7-8,11-14H,6,9-10H2,1-4H3,(H,25,29)(H,26,27,28). The second-order valence-electron chi connectivity index (χ2n) is 8.01. The molecule has 9 heteroatoms. The first-order chi connectivity index (χ1) is 15.2. The topological polar surface area (TPSA) is 94.6 Å². The van der Waals surface area contributed by atoms with E-state index in [0.29, 0.717) is 36.9 Å². The van der Waals surface area contributed by atoms with Gasteiger partial charge in [0, 0.05) is 28.2 Å². The molecule has 170 valence electrons. The van der Waals surface area contributed by atoms with Crippen molar-refractivity contribution < 1.29 is 19.0 Å². The number of methoxy groups -OCH3 is 1. The highest BCUT2D eigenvalue weighted by Gasteiger charge is 2.16. The minimum Gasteiger partial charge on any atom is -0.493 e. The average molecular weight is 503 g/mol. The Morgan fingerprint density at radius 3 is 2.66 bits per heavy atom. The molecule has 0 unspecified atom stereocenters. The van der Waals surface area contributed by atoms with Crippen LogP contribution >= 0.6 is 15.9 Å². The van der Waals surface area contributed by atoms with Crippen LogP contribution in [-0.4, -0.2) is 41.9 Å². The summed E-state index contributed by atoms with van der Waals surface area (Å²) in [7, 11) is 1.58. The second kappa shape index (κ2) is 10.5. The highest BCUT2D eigenvalue weighted by Crippen LogP contribution is 2.35. The molecule has 2 aromatic carbocycles. The van der Waals surface area contributed by atoms with Crippen molar-refractivity contribution in [1.82, 2.24) is 15.3 Å². The van der Waals surface area contributed by atoms with Gasteiger partial charge < -0.3 is 24.8 Å². The first-order valence-electron chi connectivity index (χ1n) is 10.2. The van der Waals surface area contributed by atoms with Crippen LogP contribution in [0.2, 0.25) is 0 Å². The SMILES string of the molecule is COc1cc2ncnc(Nc3cccc(Br)c3)c2cc1OCCCNC(=O)OC(C)(C)C. The summed E-state index contributed by atoms with van der Waals surface area (Å²) in [5, 5.41) is 6.84. The van der Waals surface area contributed by atoms with Crippen LogP contribution in [0.15, 0.2) is 47.2 Å². The molecule has 2 N–H and O–H groups in total. The predicted octanol–water partition coefficient (Wildman–Crippen LogP) is 5.44. The summed E-state index contributed by atoms with van der Waals surface area (Å²) < 4.78 is 17.6. The number of ether oxygens (including phenoxy) is 3. The molecule has 0 aliphatic carbocycles. The van der Waals surface area contributed by atoms with Gasteiger partial charge >= 0.3 is 6.09 Å². The van der Waals surface area contributed by atoms with Crippen LogP contribution in [0.1, 0.15) is 27.2 Å². The van der Waals surface area contributed by atoms with E-state index in [1.54, 1.807) is 7.11 Å².